The van der Waals surface area contributed by atoms with Gasteiger partial charge in [-0.25, -0.2) is 4.98 Å². The van der Waals surface area contributed by atoms with Gasteiger partial charge in [-0.05, 0) is 23.8 Å². The predicted molar refractivity (Wildman–Crippen MR) is 118 cm³/mol. The Labute approximate surface area is 173 Å². The standard InChI is InChI=1S/C20H29N5.HI/c1-16-11-17(2)14-25(13-16)20(21-3)23-12-19-22-9-10-24(19)15-18-7-5-4-6-8-18;/h4-10,16-17H,11-15H2,1-3H3,(H,21,23);1H. The maximum atomic E-state index is 4.52. The number of aliphatic imine (C=N–C) groups is 1. The average molecular weight is 467 g/mol. The Balaban J connectivity index is 0.00000243. The van der Waals surface area contributed by atoms with Gasteiger partial charge in [0.2, 0.25) is 0 Å². The second kappa shape index (κ2) is 9.94. The van der Waals surface area contributed by atoms with Gasteiger partial charge in [0.15, 0.2) is 5.96 Å². The van der Waals surface area contributed by atoms with E-state index in [9.17, 15) is 0 Å². The number of halogens is 1. The summed E-state index contributed by atoms with van der Waals surface area (Å²) in [5.41, 5.74) is 1.28. The van der Waals surface area contributed by atoms with Crippen LogP contribution in [0.1, 0.15) is 31.7 Å². The van der Waals surface area contributed by atoms with Crippen LogP contribution in [0, 0.1) is 11.8 Å². The Morgan fingerprint density at radius 2 is 1.88 bits per heavy atom. The molecule has 1 saturated heterocycles. The summed E-state index contributed by atoms with van der Waals surface area (Å²) in [6.45, 7) is 8.32. The molecule has 0 aliphatic carbocycles. The van der Waals surface area contributed by atoms with E-state index in [4.69, 9.17) is 0 Å². The second-order valence-electron chi connectivity index (χ2n) is 7.21. The zero-order chi connectivity index (χ0) is 17.6. The largest absolute Gasteiger partial charge is 0.349 e. The topological polar surface area (TPSA) is 45.5 Å². The first-order valence-corrected chi connectivity index (χ1v) is 9.15. The number of guanidine groups is 1. The molecule has 1 aliphatic rings. The monoisotopic (exact) mass is 467 g/mol. The maximum absolute atomic E-state index is 4.52. The highest BCUT2D eigenvalue weighted by Crippen LogP contribution is 2.20. The van der Waals surface area contributed by atoms with Crippen LogP contribution in [0.15, 0.2) is 47.7 Å². The van der Waals surface area contributed by atoms with Crippen LogP contribution >= 0.6 is 24.0 Å². The van der Waals surface area contributed by atoms with E-state index in [1.54, 1.807) is 0 Å². The molecule has 2 heterocycles. The summed E-state index contributed by atoms with van der Waals surface area (Å²) in [6.07, 6.45) is 5.21. The zero-order valence-electron chi connectivity index (χ0n) is 15.9. The molecular formula is C20H30IN5. The second-order valence-corrected chi connectivity index (χ2v) is 7.21. The molecule has 142 valence electrons. The molecule has 0 amide bonds. The number of rotatable bonds is 4. The van der Waals surface area contributed by atoms with E-state index in [0.717, 1.165) is 31.4 Å². The van der Waals surface area contributed by atoms with Gasteiger partial charge in [-0.1, -0.05) is 44.2 Å². The minimum absolute atomic E-state index is 0. The molecule has 0 radical (unpaired) electrons. The molecule has 1 aromatic heterocycles. The molecule has 1 N–H and O–H groups in total. The highest BCUT2D eigenvalue weighted by molar-refractivity contribution is 14.0. The van der Waals surface area contributed by atoms with Gasteiger partial charge in [-0.2, -0.15) is 0 Å². The third kappa shape index (κ3) is 5.46. The van der Waals surface area contributed by atoms with E-state index in [-0.39, 0.29) is 24.0 Å². The van der Waals surface area contributed by atoms with Gasteiger partial charge in [0, 0.05) is 39.1 Å². The number of benzene rings is 1. The lowest BCUT2D eigenvalue weighted by molar-refractivity contribution is 0.208. The molecule has 1 aromatic carbocycles. The van der Waals surface area contributed by atoms with Crippen molar-refractivity contribution in [3.8, 4) is 0 Å². The predicted octanol–water partition coefficient (Wildman–Crippen LogP) is 3.60. The fourth-order valence-corrected chi connectivity index (χ4v) is 3.76. The van der Waals surface area contributed by atoms with Gasteiger partial charge in [-0.15, -0.1) is 24.0 Å². The molecular weight excluding hydrogens is 437 g/mol. The Kier molecular flexibility index (Phi) is 7.93. The van der Waals surface area contributed by atoms with Gasteiger partial charge in [0.05, 0.1) is 6.54 Å². The van der Waals surface area contributed by atoms with E-state index >= 15 is 0 Å². The van der Waals surface area contributed by atoms with Crippen LogP contribution in [0.4, 0.5) is 0 Å². The van der Waals surface area contributed by atoms with E-state index in [2.05, 4.69) is 62.9 Å². The summed E-state index contributed by atoms with van der Waals surface area (Å²) in [5.74, 6) is 3.43. The quantitative estimate of drug-likeness (QED) is 0.425. The number of likely N-dealkylation sites (tertiary alicyclic amines) is 1. The molecule has 6 heteroatoms. The molecule has 1 aliphatic heterocycles. The van der Waals surface area contributed by atoms with Crippen LogP contribution in [0.2, 0.25) is 0 Å². The number of aromatic nitrogens is 2. The van der Waals surface area contributed by atoms with Crippen molar-refractivity contribution in [3.05, 3.63) is 54.1 Å². The average Bonchev–Trinajstić information content (AvgIpc) is 3.03. The molecule has 0 spiro atoms. The maximum Gasteiger partial charge on any atom is 0.194 e. The normalized spacial score (nSPS) is 20.6. The summed E-state index contributed by atoms with van der Waals surface area (Å²) < 4.78 is 2.19. The summed E-state index contributed by atoms with van der Waals surface area (Å²) in [5, 5.41) is 3.50. The fourth-order valence-electron chi connectivity index (χ4n) is 3.76. The number of hydrogen-bond acceptors (Lipinski definition) is 2. The number of nitrogens with one attached hydrogen (secondary N) is 1. The van der Waals surface area contributed by atoms with Crippen molar-refractivity contribution >= 4 is 29.9 Å². The van der Waals surface area contributed by atoms with Crippen LogP contribution in [0.5, 0.6) is 0 Å². The van der Waals surface area contributed by atoms with Crippen LogP contribution in [-0.4, -0.2) is 40.5 Å². The fraction of sp³-hybridized carbons (Fsp3) is 0.500. The first-order chi connectivity index (χ1) is 12.2. The van der Waals surface area contributed by atoms with Crippen molar-refractivity contribution in [1.82, 2.24) is 19.8 Å². The lowest BCUT2D eigenvalue weighted by Gasteiger charge is -2.37. The highest BCUT2D eigenvalue weighted by Gasteiger charge is 2.24. The number of piperidine rings is 1. The summed E-state index contributed by atoms with van der Waals surface area (Å²) in [6, 6.07) is 10.5. The SMILES string of the molecule is CN=C(NCc1nccn1Cc1ccccc1)N1CC(C)CC(C)C1.I. The van der Waals surface area contributed by atoms with Crippen molar-refractivity contribution in [1.29, 1.82) is 0 Å². The number of hydrogen-bond donors (Lipinski definition) is 1. The van der Waals surface area contributed by atoms with Crippen LogP contribution < -0.4 is 5.32 Å². The smallest absolute Gasteiger partial charge is 0.194 e. The minimum Gasteiger partial charge on any atom is -0.349 e. The first kappa shape index (κ1) is 20.7. The lowest BCUT2D eigenvalue weighted by Crippen LogP contribution is -2.48. The van der Waals surface area contributed by atoms with Gasteiger partial charge >= 0.3 is 0 Å². The van der Waals surface area contributed by atoms with Gasteiger partial charge in [0.1, 0.15) is 5.82 Å². The van der Waals surface area contributed by atoms with E-state index < -0.39 is 0 Å². The zero-order valence-corrected chi connectivity index (χ0v) is 18.3. The number of imidazole rings is 1. The number of nitrogens with zero attached hydrogens (tertiary/aromatic N) is 4. The molecule has 5 nitrogen and oxygen atoms in total. The molecule has 3 rings (SSSR count). The highest BCUT2D eigenvalue weighted by atomic mass is 127. The van der Waals surface area contributed by atoms with Crippen LogP contribution in [0.25, 0.3) is 0 Å². The van der Waals surface area contributed by atoms with Crippen LogP contribution in [0.3, 0.4) is 0 Å². The van der Waals surface area contributed by atoms with Crippen molar-refractivity contribution in [2.75, 3.05) is 20.1 Å². The Hall–Kier alpha value is -1.57. The third-order valence-corrected chi connectivity index (χ3v) is 4.78. The molecule has 1 fully saturated rings. The third-order valence-electron chi connectivity index (χ3n) is 4.78. The molecule has 2 aromatic rings. The lowest BCUT2D eigenvalue weighted by atomic mass is 9.92. The Bertz CT molecular complexity index is 687. The molecule has 2 atom stereocenters. The van der Waals surface area contributed by atoms with Crippen molar-refractivity contribution in [2.45, 2.75) is 33.4 Å². The minimum atomic E-state index is 0. The Morgan fingerprint density at radius 3 is 2.54 bits per heavy atom. The van der Waals surface area contributed by atoms with Crippen molar-refractivity contribution in [3.63, 3.8) is 0 Å². The van der Waals surface area contributed by atoms with Crippen LogP contribution in [-0.2, 0) is 13.1 Å². The van der Waals surface area contributed by atoms with Gasteiger partial charge in [0.25, 0.3) is 0 Å². The first-order valence-electron chi connectivity index (χ1n) is 9.15. The van der Waals surface area contributed by atoms with Crippen molar-refractivity contribution in [2.24, 2.45) is 16.8 Å². The molecule has 2 unspecified atom stereocenters. The van der Waals surface area contributed by atoms with E-state index in [1.807, 2.05) is 25.5 Å². The van der Waals surface area contributed by atoms with E-state index in [0.29, 0.717) is 18.4 Å². The summed E-state index contributed by atoms with van der Waals surface area (Å²) in [4.78, 5) is 11.4. The molecule has 0 bridgehead atoms. The van der Waals surface area contributed by atoms with Gasteiger partial charge in [-0.3, -0.25) is 4.99 Å². The van der Waals surface area contributed by atoms with Crippen molar-refractivity contribution < 1.29 is 0 Å². The van der Waals surface area contributed by atoms with E-state index in [1.165, 1.54) is 12.0 Å². The van der Waals surface area contributed by atoms with Gasteiger partial charge < -0.3 is 14.8 Å². The Morgan fingerprint density at radius 1 is 1.19 bits per heavy atom. The molecule has 0 saturated carbocycles. The summed E-state index contributed by atoms with van der Waals surface area (Å²) >= 11 is 0. The molecule has 26 heavy (non-hydrogen) atoms. The summed E-state index contributed by atoms with van der Waals surface area (Å²) in [7, 11) is 1.86.